The molecule has 0 saturated carbocycles. The predicted molar refractivity (Wildman–Crippen MR) is 122 cm³/mol. The molecule has 2 aromatic heterocycles. The molecule has 0 unspecified atom stereocenters. The highest BCUT2D eigenvalue weighted by Crippen LogP contribution is 2.28. The number of carbonyl (C=O) groups excluding carboxylic acids is 2. The highest BCUT2D eigenvalue weighted by molar-refractivity contribution is 6.13. The maximum absolute atomic E-state index is 13.4. The second kappa shape index (κ2) is 7.81. The molecular formula is C24H21N5O3. The van der Waals surface area contributed by atoms with Crippen molar-refractivity contribution in [1.29, 1.82) is 0 Å². The maximum Gasteiger partial charge on any atom is 0.414 e. The van der Waals surface area contributed by atoms with Crippen LogP contribution in [0.3, 0.4) is 0 Å². The van der Waals surface area contributed by atoms with Gasteiger partial charge in [-0.15, -0.1) is 0 Å². The normalized spacial score (nSPS) is 13.4. The molecule has 4 aromatic rings. The van der Waals surface area contributed by atoms with Crippen molar-refractivity contribution in [1.82, 2.24) is 14.8 Å². The smallest absolute Gasteiger partial charge is 0.414 e. The minimum absolute atomic E-state index is 0.271. The minimum atomic E-state index is -0.386. The van der Waals surface area contributed by atoms with Crippen molar-refractivity contribution in [3.05, 3.63) is 71.9 Å². The molecule has 0 radical (unpaired) electrons. The quantitative estimate of drug-likeness (QED) is 0.528. The van der Waals surface area contributed by atoms with Crippen LogP contribution in [0, 0.1) is 6.92 Å². The Balaban J connectivity index is 1.54. The number of aryl methyl sites for hydroxylation is 2. The molecule has 8 heteroatoms. The average molecular weight is 427 g/mol. The van der Waals surface area contributed by atoms with Crippen molar-refractivity contribution in [3.8, 4) is 11.3 Å². The van der Waals surface area contributed by atoms with E-state index in [1.54, 1.807) is 33.8 Å². The number of ether oxygens (including phenoxy) is 1. The molecule has 1 fully saturated rings. The molecule has 1 saturated heterocycles. The Labute approximate surface area is 184 Å². The molecular weight excluding hydrogens is 406 g/mol. The number of rotatable bonds is 4. The number of aromatic nitrogens is 3. The lowest BCUT2D eigenvalue weighted by Gasteiger charge is -2.14. The molecule has 1 aliphatic rings. The molecule has 0 bridgehead atoms. The Morgan fingerprint density at radius 3 is 2.66 bits per heavy atom. The fraction of sp³-hybridized carbons (Fsp3) is 0.167. The van der Waals surface area contributed by atoms with Crippen molar-refractivity contribution in [3.63, 3.8) is 0 Å². The summed E-state index contributed by atoms with van der Waals surface area (Å²) < 4.78 is 6.70. The molecule has 3 heterocycles. The van der Waals surface area contributed by atoms with E-state index in [1.807, 2.05) is 50.4 Å². The van der Waals surface area contributed by atoms with Crippen LogP contribution in [0.5, 0.6) is 0 Å². The lowest BCUT2D eigenvalue weighted by atomic mass is 10.0. The standard InChI is InChI=1S/C24H21N5O3/c1-15-21-19(14-20(16-7-4-3-5-8-16)26-22(21)28(2)27-15)23(30)25-17-9-6-10-18(13-17)29-11-12-32-24(29)31/h3-10,13-14H,11-12H2,1-2H3,(H,25,30). The molecule has 0 atom stereocenters. The van der Waals surface area contributed by atoms with Crippen LogP contribution in [0.4, 0.5) is 16.2 Å². The van der Waals surface area contributed by atoms with Gasteiger partial charge in [0.2, 0.25) is 0 Å². The van der Waals surface area contributed by atoms with Crippen LogP contribution in [0.1, 0.15) is 16.1 Å². The first kappa shape index (κ1) is 19.7. The monoisotopic (exact) mass is 427 g/mol. The average Bonchev–Trinajstić information content (AvgIpc) is 3.36. The van der Waals surface area contributed by atoms with Crippen LogP contribution in [0.15, 0.2) is 60.7 Å². The summed E-state index contributed by atoms with van der Waals surface area (Å²) in [7, 11) is 1.82. The number of carbonyl (C=O) groups is 2. The summed E-state index contributed by atoms with van der Waals surface area (Å²) >= 11 is 0. The first-order valence-corrected chi connectivity index (χ1v) is 10.3. The van der Waals surface area contributed by atoms with E-state index in [1.165, 1.54) is 0 Å². The zero-order valence-corrected chi connectivity index (χ0v) is 17.7. The Kier molecular flexibility index (Phi) is 4.82. The fourth-order valence-corrected chi connectivity index (χ4v) is 3.96. The summed E-state index contributed by atoms with van der Waals surface area (Å²) in [5, 5.41) is 8.14. The molecule has 32 heavy (non-hydrogen) atoms. The number of cyclic esters (lactones) is 1. The Hall–Kier alpha value is -4.20. The van der Waals surface area contributed by atoms with Crippen molar-refractivity contribution in [2.45, 2.75) is 6.92 Å². The van der Waals surface area contributed by atoms with Gasteiger partial charge >= 0.3 is 6.09 Å². The van der Waals surface area contributed by atoms with Crippen molar-refractivity contribution in [2.75, 3.05) is 23.4 Å². The summed E-state index contributed by atoms with van der Waals surface area (Å²) in [4.78, 5) is 31.6. The molecule has 0 aliphatic carbocycles. The number of benzene rings is 2. The second-order valence-electron chi connectivity index (χ2n) is 7.60. The van der Waals surface area contributed by atoms with Gasteiger partial charge in [-0.1, -0.05) is 36.4 Å². The first-order valence-electron chi connectivity index (χ1n) is 10.3. The highest BCUT2D eigenvalue weighted by Gasteiger charge is 2.24. The largest absolute Gasteiger partial charge is 0.447 e. The Morgan fingerprint density at radius 2 is 1.91 bits per heavy atom. The highest BCUT2D eigenvalue weighted by atomic mass is 16.6. The molecule has 1 N–H and O–H groups in total. The first-order chi connectivity index (χ1) is 15.5. The van der Waals surface area contributed by atoms with E-state index < -0.39 is 0 Å². The number of nitrogens with zero attached hydrogens (tertiary/aromatic N) is 4. The van der Waals surface area contributed by atoms with E-state index in [4.69, 9.17) is 9.72 Å². The third-order valence-corrected chi connectivity index (χ3v) is 5.46. The lowest BCUT2D eigenvalue weighted by molar-refractivity contribution is 0.102. The van der Waals surface area contributed by atoms with Gasteiger partial charge in [0.1, 0.15) is 6.61 Å². The summed E-state index contributed by atoms with van der Waals surface area (Å²) in [6.07, 6.45) is -0.386. The van der Waals surface area contributed by atoms with Gasteiger partial charge in [-0.25, -0.2) is 9.78 Å². The van der Waals surface area contributed by atoms with E-state index >= 15 is 0 Å². The summed E-state index contributed by atoms with van der Waals surface area (Å²) in [6.45, 7) is 2.70. The van der Waals surface area contributed by atoms with Gasteiger partial charge < -0.3 is 10.1 Å². The van der Waals surface area contributed by atoms with Gasteiger partial charge in [0.25, 0.3) is 5.91 Å². The Morgan fingerprint density at radius 1 is 1.09 bits per heavy atom. The second-order valence-corrected chi connectivity index (χ2v) is 7.60. The summed E-state index contributed by atoms with van der Waals surface area (Å²) in [5.74, 6) is -0.271. The number of nitrogens with one attached hydrogen (secondary N) is 1. The number of anilines is 2. The number of pyridine rings is 1. The van der Waals surface area contributed by atoms with E-state index in [9.17, 15) is 9.59 Å². The van der Waals surface area contributed by atoms with E-state index in [0.29, 0.717) is 46.8 Å². The molecule has 5 rings (SSSR count). The molecule has 1 aliphatic heterocycles. The zero-order chi connectivity index (χ0) is 22.2. The van der Waals surface area contributed by atoms with Gasteiger partial charge in [0.15, 0.2) is 5.65 Å². The van der Waals surface area contributed by atoms with Crippen LogP contribution in [-0.4, -0.2) is 39.9 Å². The van der Waals surface area contributed by atoms with Crippen LogP contribution in [0.25, 0.3) is 22.3 Å². The third kappa shape index (κ3) is 3.45. The van der Waals surface area contributed by atoms with Crippen LogP contribution in [0.2, 0.25) is 0 Å². The third-order valence-electron chi connectivity index (χ3n) is 5.46. The predicted octanol–water partition coefficient (Wildman–Crippen LogP) is 4.15. The lowest BCUT2D eigenvalue weighted by Crippen LogP contribution is -2.23. The minimum Gasteiger partial charge on any atom is -0.447 e. The van der Waals surface area contributed by atoms with Gasteiger partial charge in [0.05, 0.1) is 28.9 Å². The topological polar surface area (TPSA) is 89.3 Å². The SMILES string of the molecule is Cc1nn(C)c2nc(-c3ccccc3)cc(C(=O)Nc3cccc(N4CCOC4=O)c3)c12. The summed E-state index contributed by atoms with van der Waals surface area (Å²) in [6, 6.07) is 18.7. The number of fused-ring (bicyclic) bond motifs is 1. The van der Waals surface area contributed by atoms with Gasteiger partial charge in [-0.05, 0) is 31.2 Å². The van der Waals surface area contributed by atoms with Crippen molar-refractivity contribution < 1.29 is 14.3 Å². The maximum atomic E-state index is 13.4. The van der Waals surface area contributed by atoms with Gasteiger partial charge in [-0.3, -0.25) is 14.4 Å². The zero-order valence-electron chi connectivity index (χ0n) is 17.7. The Bertz CT molecular complexity index is 1350. The molecule has 160 valence electrons. The molecule has 2 amide bonds. The van der Waals surface area contributed by atoms with Crippen LogP contribution < -0.4 is 10.2 Å². The van der Waals surface area contributed by atoms with Crippen molar-refractivity contribution >= 4 is 34.4 Å². The fourth-order valence-electron chi connectivity index (χ4n) is 3.96. The summed E-state index contributed by atoms with van der Waals surface area (Å²) in [5.41, 5.74) is 4.73. The van der Waals surface area contributed by atoms with Crippen LogP contribution >= 0.6 is 0 Å². The van der Waals surface area contributed by atoms with E-state index in [-0.39, 0.29) is 12.0 Å². The number of hydrogen-bond donors (Lipinski definition) is 1. The number of amides is 2. The molecule has 2 aromatic carbocycles. The van der Waals surface area contributed by atoms with Gasteiger partial charge in [0, 0.05) is 24.0 Å². The molecule has 8 nitrogen and oxygen atoms in total. The van der Waals surface area contributed by atoms with Gasteiger partial charge in [-0.2, -0.15) is 5.10 Å². The molecule has 0 spiro atoms. The van der Waals surface area contributed by atoms with E-state index in [0.717, 1.165) is 11.3 Å². The van der Waals surface area contributed by atoms with Crippen molar-refractivity contribution in [2.24, 2.45) is 7.05 Å². The van der Waals surface area contributed by atoms with Crippen LogP contribution in [-0.2, 0) is 11.8 Å². The van der Waals surface area contributed by atoms with E-state index in [2.05, 4.69) is 10.4 Å². The number of hydrogen-bond acceptors (Lipinski definition) is 5.